The monoisotopic (exact) mass is 245 g/mol. The van der Waals surface area contributed by atoms with Crippen molar-refractivity contribution in [1.29, 1.82) is 5.26 Å². The summed E-state index contributed by atoms with van der Waals surface area (Å²) < 4.78 is 0. The molecule has 5 heteroatoms. The Labute approximate surface area is 106 Å². The molecule has 0 saturated carbocycles. The number of nitrogens with zero attached hydrogens (tertiary/aromatic N) is 3. The summed E-state index contributed by atoms with van der Waals surface area (Å²) in [6.07, 6.45) is 0. The number of likely N-dealkylation sites (N-methyl/N-ethyl adjacent to an activating group) is 1. The Balaban J connectivity index is 2.14. The van der Waals surface area contributed by atoms with Crippen molar-refractivity contribution in [2.75, 3.05) is 31.6 Å². The van der Waals surface area contributed by atoms with Gasteiger partial charge in [0.2, 0.25) is 0 Å². The first-order valence-corrected chi connectivity index (χ1v) is 5.80. The van der Waals surface area contributed by atoms with E-state index in [4.69, 9.17) is 10.4 Å². The Morgan fingerprint density at radius 2 is 2.06 bits per heavy atom. The van der Waals surface area contributed by atoms with Gasteiger partial charge in [-0.2, -0.15) is 5.26 Å². The molecule has 1 fully saturated rings. The predicted octanol–water partition coefficient (Wildman–Crippen LogP) is 0.763. The molecule has 94 valence electrons. The third-order valence-corrected chi connectivity index (χ3v) is 3.29. The van der Waals surface area contributed by atoms with Crippen LogP contribution >= 0.6 is 0 Å². The number of carbonyl (C=O) groups is 1. The molecule has 1 atom stereocenters. The summed E-state index contributed by atoms with van der Waals surface area (Å²) in [5.41, 5.74) is 1.58. The third kappa shape index (κ3) is 2.44. The number of carboxylic acids is 1. The van der Waals surface area contributed by atoms with Crippen molar-refractivity contribution in [2.24, 2.45) is 0 Å². The van der Waals surface area contributed by atoms with Gasteiger partial charge >= 0.3 is 5.97 Å². The fourth-order valence-electron chi connectivity index (χ4n) is 2.12. The Kier molecular flexibility index (Phi) is 3.49. The highest BCUT2D eigenvalue weighted by atomic mass is 16.4. The Morgan fingerprint density at radius 3 is 2.61 bits per heavy atom. The van der Waals surface area contributed by atoms with Crippen molar-refractivity contribution < 1.29 is 9.90 Å². The van der Waals surface area contributed by atoms with E-state index in [-0.39, 0.29) is 0 Å². The van der Waals surface area contributed by atoms with Crippen LogP contribution in [0.1, 0.15) is 5.56 Å². The molecule has 0 radical (unpaired) electrons. The van der Waals surface area contributed by atoms with E-state index in [2.05, 4.69) is 6.07 Å². The summed E-state index contributed by atoms with van der Waals surface area (Å²) in [4.78, 5) is 15.0. The Morgan fingerprint density at radius 1 is 1.39 bits per heavy atom. The maximum absolute atomic E-state index is 11.1. The van der Waals surface area contributed by atoms with Crippen molar-refractivity contribution in [3.8, 4) is 6.07 Å². The maximum atomic E-state index is 11.1. The lowest BCUT2D eigenvalue weighted by atomic mass is 10.1. The molecule has 5 nitrogen and oxygen atoms in total. The summed E-state index contributed by atoms with van der Waals surface area (Å²) in [6.45, 7) is 1.99. The van der Waals surface area contributed by atoms with E-state index in [1.807, 2.05) is 29.0 Å². The quantitative estimate of drug-likeness (QED) is 0.833. The van der Waals surface area contributed by atoms with Gasteiger partial charge in [0.05, 0.1) is 11.6 Å². The van der Waals surface area contributed by atoms with Gasteiger partial charge < -0.3 is 10.0 Å². The van der Waals surface area contributed by atoms with Gasteiger partial charge in [-0.05, 0) is 31.3 Å². The highest BCUT2D eigenvalue weighted by molar-refractivity contribution is 5.75. The van der Waals surface area contributed by atoms with Crippen LogP contribution in [-0.4, -0.2) is 48.7 Å². The van der Waals surface area contributed by atoms with Crippen LogP contribution in [0, 0.1) is 11.3 Å². The van der Waals surface area contributed by atoms with Crippen LogP contribution in [0.2, 0.25) is 0 Å². The number of benzene rings is 1. The SMILES string of the molecule is CN1CCN(c2ccc(C#N)cc2)CC1C(=O)O. The van der Waals surface area contributed by atoms with Gasteiger partial charge in [0.1, 0.15) is 6.04 Å². The second-order valence-corrected chi connectivity index (χ2v) is 4.44. The van der Waals surface area contributed by atoms with E-state index in [1.54, 1.807) is 12.1 Å². The van der Waals surface area contributed by atoms with Crippen molar-refractivity contribution >= 4 is 11.7 Å². The first kappa shape index (κ1) is 12.4. The first-order chi connectivity index (χ1) is 8.61. The fraction of sp³-hybridized carbons (Fsp3) is 0.385. The summed E-state index contributed by atoms with van der Waals surface area (Å²) >= 11 is 0. The van der Waals surface area contributed by atoms with Crippen molar-refractivity contribution in [3.05, 3.63) is 29.8 Å². The molecule has 1 saturated heterocycles. The molecule has 1 N–H and O–H groups in total. The van der Waals surface area contributed by atoms with Gasteiger partial charge in [-0.25, -0.2) is 0 Å². The zero-order chi connectivity index (χ0) is 13.1. The number of piperazine rings is 1. The molecule has 0 bridgehead atoms. The normalized spacial score (nSPS) is 20.4. The lowest BCUT2D eigenvalue weighted by molar-refractivity contribution is -0.142. The molecule has 0 spiro atoms. The predicted molar refractivity (Wildman–Crippen MR) is 67.4 cm³/mol. The van der Waals surface area contributed by atoms with E-state index in [9.17, 15) is 4.79 Å². The van der Waals surface area contributed by atoms with Gasteiger partial charge in [0.25, 0.3) is 0 Å². The molecular formula is C13H15N3O2. The molecule has 1 aromatic carbocycles. The minimum atomic E-state index is -0.796. The van der Waals surface area contributed by atoms with Crippen LogP contribution in [0.15, 0.2) is 24.3 Å². The number of anilines is 1. The summed E-state index contributed by atoms with van der Waals surface area (Å²) in [6, 6.07) is 8.83. The van der Waals surface area contributed by atoms with Crippen LogP contribution in [0.3, 0.4) is 0 Å². The molecule has 0 amide bonds. The van der Waals surface area contributed by atoms with Gasteiger partial charge in [-0.1, -0.05) is 0 Å². The largest absolute Gasteiger partial charge is 0.480 e. The van der Waals surface area contributed by atoms with E-state index in [1.165, 1.54) is 0 Å². The minimum absolute atomic E-state index is 0.470. The maximum Gasteiger partial charge on any atom is 0.322 e. The van der Waals surface area contributed by atoms with Gasteiger partial charge in [0, 0.05) is 25.3 Å². The molecule has 1 unspecified atom stereocenters. The zero-order valence-electron chi connectivity index (χ0n) is 10.2. The number of hydrogen-bond acceptors (Lipinski definition) is 4. The average molecular weight is 245 g/mol. The smallest absolute Gasteiger partial charge is 0.322 e. The molecule has 0 aromatic heterocycles. The number of hydrogen-bond donors (Lipinski definition) is 1. The second-order valence-electron chi connectivity index (χ2n) is 4.44. The first-order valence-electron chi connectivity index (χ1n) is 5.80. The van der Waals surface area contributed by atoms with E-state index in [0.29, 0.717) is 12.1 Å². The summed E-state index contributed by atoms with van der Waals surface area (Å²) in [7, 11) is 1.83. The van der Waals surface area contributed by atoms with E-state index >= 15 is 0 Å². The van der Waals surface area contributed by atoms with E-state index in [0.717, 1.165) is 18.8 Å². The van der Waals surface area contributed by atoms with Crippen LogP contribution in [0.5, 0.6) is 0 Å². The van der Waals surface area contributed by atoms with E-state index < -0.39 is 12.0 Å². The molecule has 1 aromatic rings. The van der Waals surface area contributed by atoms with Gasteiger partial charge in [-0.3, -0.25) is 9.69 Å². The minimum Gasteiger partial charge on any atom is -0.480 e. The van der Waals surface area contributed by atoms with Crippen LogP contribution in [-0.2, 0) is 4.79 Å². The van der Waals surface area contributed by atoms with Crippen LogP contribution in [0.4, 0.5) is 5.69 Å². The van der Waals surface area contributed by atoms with Crippen LogP contribution in [0.25, 0.3) is 0 Å². The van der Waals surface area contributed by atoms with Gasteiger partial charge in [0.15, 0.2) is 0 Å². The zero-order valence-corrected chi connectivity index (χ0v) is 10.2. The Bertz CT molecular complexity index is 478. The molecule has 2 rings (SSSR count). The van der Waals surface area contributed by atoms with Crippen molar-refractivity contribution in [2.45, 2.75) is 6.04 Å². The average Bonchev–Trinajstić information content (AvgIpc) is 2.39. The highest BCUT2D eigenvalue weighted by Crippen LogP contribution is 2.19. The standard InChI is InChI=1S/C13H15N3O2/c1-15-6-7-16(9-12(15)13(17)18)11-4-2-10(8-14)3-5-11/h2-5,12H,6-7,9H2,1H3,(H,17,18). The molecule has 1 aliphatic rings. The van der Waals surface area contributed by atoms with Crippen LogP contribution < -0.4 is 4.90 Å². The number of nitriles is 1. The molecular weight excluding hydrogens is 230 g/mol. The molecule has 1 aliphatic heterocycles. The van der Waals surface area contributed by atoms with Crippen molar-refractivity contribution in [3.63, 3.8) is 0 Å². The molecule has 0 aliphatic carbocycles. The third-order valence-electron chi connectivity index (χ3n) is 3.29. The number of rotatable bonds is 2. The fourth-order valence-corrected chi connectivity index (χ4v) is 2.12. The van der Waals surface area contributed by atoms with Crippen molar-refractivity contribution in [1.82, 2.24) is 4.90 Å². The molecule has 18 heavy (non-hydrogen) atoms. The second kappa shape index (κ2) is 5.07. The van der Waals surface area contributed by atoms with Gasteiger partial charge in [-0.15, -0.1) is 0 Å². The summed E-state index contributed by atoms with van der Waals surface area (Å²) in [5.74, 6) is -0.796. The Hall–Kier alpha value is -2.06. The number of aliphatic carboxylic acids is 1. The lowest BCUT2D eigenvalue weighted by Crippen LogP contribution is -2.54. The lowest BCUT2D eigenvalue weighted by Gasteiger charge is -2.38. The topological polar surface area (TPSA) is 67.6 Å². The summed E-state index contributed by atoms with van der Waals surface area (Å²) in [5, 5.41) is 17.9. The number of carboxylic acid groups (broad SMARTS) is 1. The highest BCUT2D eigenvalue weighted by Gasteiger charge is 2.29. The molecule has 1 heterocycles.